The van der Waals surface area contributed by atoms with Gasteiger partial charge < -0.3 is 5.32 Å². The summed E-state index contributed by atoms with van der Waals surface area (Å²) in [6.07, 6.45) is -0.312. The molecule has 0 saturated heterocycles. The second-order valence-corrected chi connectivity index (χ2v) is 6.09. The highest BCUT2D eigenvalue weighted by molar-refractivity contribution is 6.30. The van der Waals surface area contributed by atoms with Gasteiger partial charge in [-0.25, -0.2) is 0 Å². The van der Waals surface area contributed by atoms with Gasteiger partial charge in [0.05, 0.1) is 5.56 Å². The van der Waals surface area contributed by atoms with Gasteiger partial charge in [-0.3, -0.25) is 9.69 Å². The molecule has 0 spiro atoms. The number of nitrogens with one attached hydrogen (secondary N) is 1. The van der Waals surface area contributed by atoms with Gasteiger partial charge in [-0.2, -0.15) is 0 Å². The molecule has 1 aliphatic heterocycles. The lowest BCUT2D eigenvalue weighted by molar-refractivity contribution is 0.0975. The fraction of sp³-hybridized carbons (Fsp3) is 0.0500. The molecule has 3 nitrogen and oxygen atoms in total. The van der Waals surface area contributed by atoms with Crippen molar-refractivity contribution in [3.8, 4) is 0 Å². The number of anilines is 2. The minimum absolute atomic E-state index is 0.0273. The lowest BCUT2D eigenvalue weighted by atomic mass is 10.0. The molecule has 1 amide bonds. The Hall–Kier alpha value is -2.78. The molecule has 1 atom stereocenters. The van der Waals surface area contributed by atoms with E-state index < -0.39 is 0 Å². The normalized spacial score (nSPS) is 16.5. The third-order valence-electron chi connectivity index (χ3n) is 4.13. The van der Waals surface area contributed by atoms with Crippen molar-refractivity contribution in [2.45, 2.75) is 6.17 Å². The van der Waals surface area contributed by atoms with Crippen molar-refractivity contribution < 1.29 is 4.79 Å². The van der Waals surface area contributed by atoms with Gasteiger partial charge in [0.2, 0.25) is 0 Å². The molecule has 1 N–H and O–H groups in total. The Kier molecular flexibility index (Phi) is 3.71. The Morgan fingerprint density at radius 1 is 0.875 bits per heavy atom. The molecule has 0 fully saturated rings. The number of para-hydroxylation sites is 2. The van der Waals surface area contributed by atoms with Crippen LogP contribution in [0.25, 0.3) is 0 Å². The van der Waals surface area contributed by atoms with E-state index in [4.69, 9.17) is 11.6 Å². The van der Waals surface area contributed by atoms with Crippen LogP contribution in [0.3, 0.4) is 0 Å². The van der Waals surface area contributed by atoms with Gasteiger partial charge in [0.25, 0.3) is 5.91 Å². The van der Waals surface area contributed by atoms with E-state index in [0.717, 1.165) is 16.9 Å². The van der Waals surface area contributed by atoms with Gasteiger partial charge in [-0.15, -0.1) is 0 Å². The average molecular weight is 335 g/mol. The number of carbonyl (C=O) groups is 1. The van der Waals surface area contributed by atoms with E-state index in [0.29, 0.717) is 10.6 Å². The van der Waals surface area contributed by atoms with Gasteiger partial charge in [-0.1, -0.05) is 54.1 Å². The van der Waals surface area contributed by atoms with Crippen LogP contribution in [-0.4, -0.2) is 5.91 Å². The van der Waals surface area contributed by atoms with E-state index in [1.165, 1.54) is 0 Å². The van der Waals surface area contributed by atoms with E-state index in [1.54, 1.807) is 4.90 Å². The molecule has 1 unspecified atom stereocenters. The number of rotatable bonds is 2. The summed E-state index contributed by atoms with van der Waals surface area (Å²) in [5.41, 5.74) is 3.28. The number of amides is 1. The van der Waals surface area contributed by atoms with Gasteiger partial charge in [0.15, 0.2) is 0 Å². The molecule has 1 aliphatic rings. The summed E-state index contributed by atoms with van der Waals surface area (Å²) < 4.78 is 0. The highest BCUT2D eigenvalue weighted by atomic mass is 35.5. The molecule has 3 aromatic rings. The van der Waals surface area contributed by atoms with Crippen molar-refractivity contribution in [1.82, 2.24) is 0 Å². The first-order chi connectivity index (χ1) is 11.7. The molecule has 118 valence electrons. The molecule has 3 aromatic carbocycles. The van der Waals surface area contributed by atoms with E-state index in [1.807, 2.05) is 78.9 Å². The summed E-state index contributed by atoms with van der Waals surface area (Å²) in [6, 6.07) is 24.8. The number of fused-ring (bicyclic) bond motifs is 1. The first-order valence-electron chi connectivity index (χ1n) is 7.74. The molecule has 0 aromatic heterocycles. The summed E-state index contributed by atoms with van der Waals surface area (Å²) in [6.45, 7) is 0. The van der Waals surface area contributed by atoms with Gasteiger partial charge in [-0.05, 0) is 42.0 Å². The first-order valence-corrected chi connectivity index (χ1v) is 8.11. The maximum Gasteiger partial charge on any atom is 0.262 e. The van der Waals surface area contributed by atoms with Crippen molar-refractivity contribution in [3.05, 3.63) is 95.0 Å². The zero-order valence-corrected chi connectivity index (χ0v) is 13.6. The summed E-state index contributed by atoms with van der Waals surface area (Å²) in [4.78, 5) is 14.9. The predicted octanol–water partition coefficient (Wildman–Crippen LogP) is 5.11. The SMILES string of the molecule is O=C1c2ccccc2NC(c2cccc(Cl)c2)N1c1ccccc1. The van der Waals surface area contributed by atoms with E-state index >= 15 is 0 Å². The Morgan fingerprint density at radius 3 is 2.42 bits per heavy atom. The first kappa shape index (κ1) is 14.8. The van der Waals surface area contributed by atoms with Crippen LogP contribution < -0.4 is 10.2 Å². The van der Waals surface area contributed by atoms with Crippen LogP contribution in [0.4, 0.5) is 11.4 Å². The molecule has 24 heavy (non-hydrogen) atoms. The monoisotopic (exact) mass is 334 g/mol. The third-order valence-corrected chi connectivity index (χ3v) is 4.36. The van der Waals surface area contributed by atoms with E-state index in [2.05, 4.69) is 5.32 Å². The Morgan fingerprint density at radius 2 is 1.62 bits per heavy atom. The summed E-state index contributed by atoms with van der Waals surface area (Å²) in [5.74, 6) is -0.0273. The lowest BCUT2D eigenvalue weighted by Crippen LogP contribution is -2.43. The van der Waals surface area contributed by atoms with Crippen LogP contribution in [0, 0.1) is 0 Å². The van der Waals surface area contributed by atoms with Crippen LogP contribution in [0.2, 0.25) is 5.02 Å². The largest absolute Gasteiger partial charge is 0.360 e. The van der Waals surface area contributed by atoms with Crippen LogP contribution >= 0.6 is 11.6 Å². The maximum atomic E-state index is 13.1. The number of hydrogen-bond donors (Lipinski definition) is 1. The predicted molar refractivity (Wildman–Crippen MR) is 97.5 cm³/mol. The number of halogens is 1. The number of benzene rings is 3. The second kappa shape index (κ2) is 6.02. The Balaban J connectivity index is 1.87. The number of nitrogens with zero attached hydrogens (tertiary/aromatic N) is 1. The Labute approximate surface area is 145 Å². The fourth-order valence-electron chi connectivity index (χ4n) is 3.02. The van der Waals surface area contributed by atoms with Crippen LogP contribution in [0.5, 0.6) is 0 Å². The van der Waals surface area contributed by atoms with Crippen molar-refractivity contribution in [1.29, 1.82) is 0 Å². The number of hydrogen-bond acceptors (Lipinski definition) is 2. The second-order valence-electron chi connectivity index (χ2n) is 5.66. The van der Waals surface area contributed by atoms with Crippen molar-refractivity contribution >= 4 is 28.9 Å². The quantitative estimate of drug-likeness (QED) is 0.706. The minimum atomic E-state index is -0.312. The van der Waals surface area contributed by atoms with Crippen LogP contribution in [0.15, 0.2) is 78.9 Å². The lowest BCUT2D eigenvalue weighted by Gasteiger charge is -2.38. The average Bonchev–Trinajstić information content (AvgIpc) is 2.62. The van der Waals surface area contributed by atoms with Gasteiger partial charge in [0, 0.05) is 16.4 Å². The van der Waals surface area contributed by atoms with Crippen molar-refractivity contribution in [2.24, 2.45) is 0 Å². The molecule has 0 bridgehead atoms. The minimum Gasteiger partial charge on any atom is -0.360 e. The molecule has 0 radical (unpaired) electrons. The standard InChI is InChI=1S/C20H15ClN2O/c21-15-8-6-7-14(13-15)19-22-18-12-5-4-11-17(18)20(24)23(19)16-9-2-1-3-10-16/h1-13,19,22H. The van der Waals surface area contributed by atoms with Gasteiger partial charge >= 0.3 is 0 Å². The van der Waals surface area contributed by atoms with Crippen LogP contribution in [-0.2, 0) is 0 Å². The molecular formula is C20H15ClN2O. The zero-order valence-electron chi connectivity index (χ0n) is 12.8. The summed E-state index contributed by atoms with van der Waals surface area (Å²) in [7, 11) is 0. The number of carbonyl (C=O) groups excluding carboxylic acids is 1. The third kappa shape index (κ3) is 2.53. The highest BCUT2D eigenvalue weighted by Gasteiger charge is 2.33. The molecular weight excluding hydrogens is 320 g/mol. The summed E-state index contributed by atoms with van der Waals surface area (Å²) in [5, 5.41) is 4.11. The fourth-order valence-corrected chi connectivity index (χ4v) is 3.22. The maximum absolute atomic E-state index is 13.1. The molecule has 4 rings (SSSR count). The topological polar surface area (TPSA) is 32.3 Å². The Bertz CT molecular complexity index is 895. The highest BCUT2D eigenvalue weighted by Crippen LogP contribution is 2.36. The van der Waals surface area contributed by atoms with Gasteiger partial charge in [0.1, 0.15) is 6.17 Å². The molecule has 1 heterocycles. The van der Waals surface area contributed by atoms with E-state index in [9.17, 15) is 4.79 Å². The van der Waals surface area contributed by atoms with Crippen molar-refractivity contribution in [3.63, 3.8) is 0 Å². The van der Waals surface area contributed by atoms with Crippen LogP contribution in [0.1, 0.15) is 22.1 Å². The summed E-state index contributed by atoms with van der Waals surface area (Å²) >= 11 is 6.16. The zero-order chi connectivity index (χ0) is 16.5. The molecule has 4 heteroatoms. The smallest absolute Gasteiger partial charge is 0.262 e. The molecule has 0 aliphatic carbocycles. The molecule has 0 saturated carbocycles. The van der Waals surface area contributed by atoms with Crippen molar-refractivity contribution in [2.75, 3.05) is 10.2 Å². The van der Waals surface area contributed by atoms with E-state index in [-0.39, 0.29) is 12.1 Å².